The summed E-state index contributed by atoms with van der Waals surface area (Å²) in [5.74, 6) is -0.412. The molecule has 1 amide bonds. The summed E-state index contributed by atoms with van der Waals surface area (Å²) >= 11 is 5.74. The van der Waals surface area contributed by atoms with E-state index in [2.05, 4.69) is 16.2 Å². The first kappa shape index (κ1) is 17.1. The fraction of sp³-hybridized carbons (Fsp3) is 0.500. The van der Waals surface area contributed by atoms with E-state index in [9.17, 15) is 18.0 Å². The number of benzene rings is 1. The van der Waals surface area contributed by atoms with Gasteiger partial charge in [0, 0.05) is 24.0 Å². The van der Waals surface area contributed by atoms with Gasteiger partial charge in [0.2, 0.25) is 5.91 Å². The summed E-state index contributed by atoms with van der Waals surface area (Å²) in [5, 5.41) is 2.90. The van der Waals surface area contributed by atoms with Crippen LogP contribution in [0.15, 0.2) is 24.3 Å². The Hall–Kier alpha value is -1.31. The van der Waals surface area contributed by atoms with Crippen LogP contribution < -0.4 is 16.2 Å². The zero-order valence-electron chi connectivity index (χ0n) is 11.7. The predicted octanol–water partition coefficient (Wildman–Crippen LogP) is 2.71. The maximum Gasteiger partial charge on any atom is 0.391 e. The Labute approximate surface area is 131 Å². The molecule has 2 atom stereocenters. The number of amides is 1. The highest BCUT2D eigenvalue weighted by molar-refractivity contribution is 6.30. The second-order valence-corrected chi connectivity index (χ2v) is 5.69. The molecule has 2 unspecified atom stereocenters. The van der Waals surface area contributed by atoms with Crippen molar-refractivity contribution in [1.29, 1.82) is 0 Å². The second-order valence-electron chi connectivity index (χ2n) is 5.25. The average molecular weight is 336 g/mol. The molecule has 122 valence electrons. The number of carbonyl (C=O) groups excluding carboxylic acids is 1. The van der Waals surface area contributed by atoms with Crippen LogP contribution >= 0.6 is 11.6 Å². The van der Waals surface area contributed by atoms with Gasteiger partial charge in [-0.2, -0.15) is 13.2 Å². The summed E-state index contributed by atoms with van der Waals surface area (Å²) in [4.78, 5) is 12.0. The molecule has 2 rings (SSSR count). The smallest absolute Gasteiger partial charge is 0.349 e. The van der Waals surface area contributed by atoms with Crippen molar-refractivity contribution in [3.8, 4) is 0 Å². The third-order valence-electron chi connectivity index (χ3n) is 3.40. The molecule has 22 heavy (non-hydrogen) atoms. The fourth-order valence-electron chi connectivity index (χ4n) is 2.34. The van der Waals surface area contributed by atoms with Gasteiger partial charge in [-0.1, -0.05) is 23.7 Å². The second kappa shape index (κ2) is 7.30. The maximum absolute atomic E-state index is 12.7. The van der Waals surface area contributed by atoms with E-state index >= 15 is 0 Å². The molecular weight excluding hydrogens is 319 g/mol. The molecule has 0 saturated carbocycles. The van der Waals surface area contributed by atoms with Crippen LogP contribution in [-0.2, 0) is 4.79 Å². The van der Waals surface area contributed by atoms with E-state index in [0.717, 1.165) is 13.0 Å². The van der Waals surface area contributed by atoms with Crippen molar-refractivity contribution in [2.45, 2.75) is 37.5 Å². The molecular formula is C14H17ClF3N3O. The maximum atomic E-state index is 12.7. The molecule has 1 fully saturated rings. The highest BCUT2D eigenvalue weighted by atomic mass is 35.5. The van der Waals surface area contributed by atoms with Gasteiger partial charge < -0.3 is 5.32 Å². The number of hydrogen-bond donors (Lipinski definition) is 3. The number of alkyl halides is 3. The summed E-state index contributed by atoms with van der Waals surface area (Å²) in [7, 11) is 0. The Morgan fingerprint density at radius 1 is 1.36 bits per heavy atom. The Morgan fingerprint density at radius 2 is 2.05 bits per heavy atom. The minimum atomic E-state index is -4.37. The molecule has 3 N–H and O–H groups in total. The molecule has 1 aliphatic heterocycles. The third-order valence-corrected chi connectivity index (χ3v) is 3.65. The van der Waals surface area contributed by atoms with Crippen LogP contribution in [0, 0.1) is 0 Å². The zero-order chi connectivity index (χ0) is 16.2. The number of carbonyl (C=O) groups is 1. The summed E-state index contributed by atoms with van der Waals surface area (Å²) in [5.41, 5.74) is 6.17. The molecule has 1 aliphatic rings. The van der Waals surface area contributed by atoms with Crippen LogP contribution in [0.2, 0.25) is 5.02 Å². The van der Waals surface area contributed by atoms with Crippen LogP contribution in [0.25, 0.3) is 0 Å². The van der Waals surface area contributed by atoms with Gasteiger partial charge in [-0.3, -0.25) is 15.6 Å². The van der Waals surface area contributed by atoms with Crippen LogP contribution in [0.4, 0.5) is 13.2 Å². The monoisotopic (exact) mass is 335 g/mol. The van der Waals surface area contributed by atoms with E-state index in [1.54, 1.807) is 0 Å². The van der Waals surface area contributed by atoms with Crippen molar-refractivity contribution in [3.63, 3.8) is 0 Å². The van der Waals surface area contributed by atoms with E-state index in [1.165, 1.54) is 24.3 Å². The Morgan fingerprint density at radius 3 is 2.59 bits per heavy atom. The van der Waals surface area contributed by atoms with E-state index in [-0.39, 0.29) is 12.5 Å². The van der Waals surface area contributed by atoms with Crippen molar-refractivity contribution in [3.05, 3.63) is 34.9 Å². The van der Waals surface area contributed by atoms with E-state index < -0.39 is 24.5 Å². The Bertz CT molecular complexity index is 501. The van der Waals surface area contributed by atoms with Crippen molar-refractivity contribution in [2.75, 3.05) is 6.54 Å². The molecule has 1 aromatic rings. The van der Waals surface area contributed by atoms with Crippen molar-refractivity contribution >= 4 is 17.5 Å². The molecule has 0 spiro atoms. The first-order chi connectivity index (χ1) is 10.3. The summed E-state index contributed by atoms with van der Waals surface area (Å²) in [6, 6.07) is 4.84. The number of hydrazine groups is 1. The largest absolute Gasteiger partial charge is 0.391 e. The van der Waals surface area contributed by atoms with Gasteiger partial charge in [0.25, 0.3) is 0 Å². The molecule has 1 aromatic carbocycles. The van der Waals surface area contributed by atoms with Crippen molar-refractivity contribution in [2.24, 2.45) is 0 Å². The van der Waals surface area contributed by atoms with Gasteiger partial charge in [-0.15, -0.1) is 0 Å². The van der Waals surface area contributed by atoms with Gasteiger partial charge in [0.05, 0.1) is 12.5 Å². The summed E-state index contributed by atoms with van der Waals surface area (Å²) < 4.78 is 38.2. The predicted molar refractivity (Wildman–Crippen MR) is 77.2 cm³/mol. The standard InChI is InChI=1S/C14H17ClF3N3O/c15-10-3-1-9(2-4-10)12(8-14(16,17)18)20-13(22)7-11-5-6-19-21-11/h1-4,11-12,19,21H,5-8H2,(H,20,22). The summed E-state index contributed by atoms with van der Waals surface area (Å²) in [6.07, 6.45) is -4.59. The lowest BCUT2D eigenvalue weighted by atomic mass is 10.0. The minimum Gasteiger partial charge on any atom is -0.349 e. The van der Waals surface area contributed by atoms with Crippen molar-refractivity contribution < 1.29 is 18.0 Å². The quantitative estimate of drug-likeness (QED) is 0.775. The van der Waals surface area contributed by atoms with E-state index in [4.69, 9.17) is 11.6 Å². The number of nitrogens with one attached hydrogen (secondary N) is 3. The minimum absolute atomic E-state index is 0.0586. The molecule has 0 bridgehead atoms. The number of rotatable bonds is 5. The average Bonchev–Trinajstić information content (AvgIpc) is 2.90. The lowest BCUT2D eigenvalue weighted by Gasteiger charge is -2.21. The first-order valence-electron chi connectivity index (χ1n) is 6.93. The van der Waals surface area contributed by atoms with Gasteiger partial charge in [0.1, 0.15) is 0 Å². The number of hydrogen-bond acceptors (Lipinski definition) is 3. The molecule has 1 heterocycles. The van der Waals surface area contributed by atoms with Crippen LogP contribution in [0.1, 0.15) is 30.9 Å². The molecule has 1 saturated heterocycles. The van der Waals surface area contributed by atoms with E-state index in [1.807, 2.05) is 0 Å². The molecule has 0 radical (unpaired) electrons. The highest BCUT2D eigenvalue weighted by Gasteiger charge is 2.33. The van der Waals surface area contributed by atoms with Gasteiger partial charge in [0.15, 0.2) is 0 Å². The summed E-state index contributed by atoms with van der Waals surface area (Å²) in [6.45, 7) is 0.737. The van der Waals surface area contributed by atoms with Gasteiger partial charge >= 0.3 is 6.18 Å². The molecule has 4 nitrogen and oxygen atoms in total. The lowest BCUT2D eigenvalue weighted by molar-refractivity contribution is -0.143. The highest BCUT2D eigenvalue weighted by Crippen LogP contribution is 2.30. The van der Waals surface area contributed by atoms with E-state index in [0.29, 0.717) is 10.6 Å². The Balaban J connectivity index is 2.03. The van der Waals surface area contributed by atoms with Crippen LogP contribution in [0.3, 0.4) is 0 Å². The fourth-order valence-corrected chi connectivity index (χ4v) is 2.47. The van der Waals surface area contributed by atoms with Gasteiger partial charge in [-0.25, -0.2) is 0 Å². The first-order valence-corrected chi connectivity index (χ1v) is 7.31. The lowest BCUT2D eigenvalue weighted by Crippen LogP contribution is -2.37. The normalized spacial score (nSPS) is 19.9. The number of halogens is 4. The SMILES string of the molecule is O=C(CC1CCNN1)NC(CC(F)(F)F)c1ccc(Cl)cc1. The van der Waals surface area contributed by atoms with Crippen molar-refractivity contribution in [1.82, 2.24) is 16.2 Å². The molecule has 0 aliphatic carbocycles. The Kier molecular flexibility index (Phi) is 5.66. The van der Waals surface area contributed by atoms with Crippen LogP contribution in [-0.4, -0.2) is 24.7 Å². The zero-order valence-corrected chi connectivity index (χ0v) is 12.5. The van der Waals surface area contributed by atoms with Crippen LogP contribution in [0.5, 0.6) is 0 Å². The molecule has 0 aromatic heterocycles. The molecule has 8 heteroatoms. The van der Waals surface area contributed by atoms with Gasteiger partial charge in [-0.05, 0) is 24.1 Å². The topological polar surface area (TPSA) is 53.2 Å². The third kappa shape index (κ3) is 5.47.